The number of nitrogens with one attached hydrogen (secondary N) is 1. The topological polar surface area (TPSA) is 96.0 Å². The van der Waals surface area contributed by atoms with Crippen LogP contribution >= 0.6 is 11.6 Å². The van der Waals surface area contributed by atoms with E-state index < -0.39 is 22.0 Å². The molecule has 0 saturated carbocycles. The van der Waals surface area contributed by atoms with Gasteiger partial charge in [-0.25, -0.2) is 8.42 Å². The van der Waals surface area contributed by atoms with E-state index in [-0.39, 0.29) is 23.9 Å². The highest BCUT2D eigenvalue weighted by Gasteiger charge is 2.35. The third kappa shape index (κ3) is 5.49. The SMILES string of the molecule is C[C@@H](C(=O)N1CCOCC1)N1CC=C(NS(=O)(=O)CCc2ccc(Cl)cc2)C1=O. The van der Waals surface area contributed by atoms with Crippen LogP contribution in [0.3, 0.4) is 0 Å². The average molecular weight is 442 g/mol. The predicted molar refractivity (Wildman–Crippen MR) is 109 cm³/mol. The normalized spacial score (nSPS) is 18.6. The van der Waals surface area contributed by atoms with Gasteiger partial charge in [-0.15, -0.1) is 0 Å². The summed E-state index contributed by atoms with van der Waals surface area (Å²) in [7, 11) is -3.71. The molecule has 0 spiro atoms. The highest BCUT2D eigenvalue weighted by Crippen LogP contribution is 2.16. The van der Waals surface area contributed by atoms with Crippen molar-refractivity contribution in [2.75, 3.05) is 38.6 Å². The van der Waals surface area contributed by atoms with Gasteiger partial charge in [0, 0.05) is 24.7 Å². The third-order valence-electron chi connectivity index (χ3n) is 4.97. The van der Waals surface area contributed by atoms with E-state index >= 15 is 0 Å². The van der Waals surface area contributed by atoms with Crippen molar-refractivity contribution in [3.05, 3.63) is 46.6 Å². The lowest BCUT2D eigenvalue weighted by Crippen LogP contribution is -2.51. The molecular formula is C19H24ClN3O5S. The Morgan fingerprint density at radius 2 is 1.90 bits per heavy atom. The van der Waals surface area contributed by atoms with Crippen LogP contribution in [0.2, 0.25) is 5.02 Å². The lowest BCUT2D eigenvalue weighted by atomic mass is 10.2. The fourth-order valence-electron chi connectivity index (χ4n) is 3.24. The molecule has 8 nitrogen and oxygen atoms in total. The largest absolute Gasteiger partial charge is 0.378 e. The summed E-state index contributed by atoms with van der Waals surface area (Å²) in [6, 6.07) is 6.25. The smallest absolute Gasteiger partial charge is 0.271 e. The minimum Gasteiger partial charge on any atom is -0.378 e. The van der Waals surface area contributed by atoms with Crippen LogP contribution in [0.4, 0.5) is 0 Å². The molecule has 29 heavy (non-hydrogen) atoms. The van der Waals surface area contributed by atoms with Gasteiger partial charge < -0.3 is 14.5 Å². The van der Waals surface area contributed by atoms with Crippen LogP contribution in [-0.4, -0.2) is 74.7 Å². The Kier molecular flexibility index (Phi) is 6.81. The lowest BCUT2D eigenvalue weighted by Gasteiger charge is -2.32. The summed E-state index contributed by atoms with van der Waals surface area (Å²) >= 11 is 5.83. The predicted octanol–water partition coefficient (Wildman–Crippen LogP) is 0.775. The molecule has 10 heteroatoms. The second-order valence-electron chi connectivity index (χ2n) is 6.99. The highest BCUT2D eigenvalue weighted by atomic mass is 35.5. The first-order valence-electron chi connectivity index (χ1n) is 9.39. The van der Waals surface area contributed by atoms with Crippen molar-refractivity contribution >= 4 is 33.4 Å². The summed E-state index contributed by atoms with van der Waals surface area (Å²) in [5, 5.41) is 0.581. The number of sulfonamides is 1. The van der Waals surface area contributed by atoms with Crippen LogP contribution in [0, 0.1) is 0 Å². The summed E-state index contributed by atoms with van der Waals surface area (Å²) in [6.45, 7) is 3.77. The Morgan fingerprint density at radius 1 is 1.24 bits per heavy atom. The molecule has 0 unspecified atom stereocenters. The average Bonchev–Trinajstić information content (AvgIpc) is 3.06. The number of carbonyl (C=O) groups is 2. The Morgan fingerprint density at radius 3 is 2.55 bits per heavy atom. The van der Waals surface area contributed by atoms with E-state index in [1.54, 1.807) is 36.1 Å². The van der Waals surface area contributed by atoms with Crippen molar-refractivity contribution in [3.8, 4) is 0 Å². The molecule has 2 heterocycles. The molecular weight excluding hydrogens is 418 g/mol. The van der Waals surface area contributed by atoms with Crippen molar-refractivity contribution in [2.24, 2.45) is 0 Å². The van der Waals surface area contributed by atoms with E-state index in [4.69, 9.17) is 16.3 Å². The van der Waals surface area contributed by atoms with Crippen LogP contribution in [0.15, 0.2) is 36.0 Å². The van der Waals surface area contributed by atoms with E-state index in [9.17, 15) is 18.0 Å². The molecule has 2 aliphatic heterocycles. The second-order valence-corrected chi connectivity index (χ2v) is 9.26. The number of ether oxygens (including phenoxy) is 1. The second kappa shape index (κ2) is 9.15. The maximum Gasteiger partial charge on any atom is 0.271 e. The zero-order valence-electron chi connectivity index (χ0n) is 16.1. The van der Waals surface area contributed by atoms with Gasteiger partial charge in [0.05, 0.1) is 19.0 Å². The summed E-state index contributed by atoms with van der Waals surface area (Å²) in [6.07, 6.45) is 1.80. The molecule has 0 radical (unpaired) electrons. The van der Waals surface area contributed by atoms with Gasteiger partial charge in [0.15, 0.2) is 0 Å². The Labute approximate surface area is 175 Å². The van der Waals surface area contributed by atoms with Crippen molar-refractivity contribution in [2.45, 2.75) is 19.4 Å². The number of benzene rings is 1. The van der Waals surface area contributed by atoms with Gasteiger partial charge in [0.2, 0.25) is 15.9 Å². The van der Waals surface area contributed by atoms with Crippen LogP contribution in [0.25, 0.3) is 0 Å². The molecule has 2 amide bonds. The van der Waals surface area contributed by atoms with Crippen molar-refractivity contribution in [1.29, 1.82) is 0 Å². The molecule has 3 rings (SSSR count). The monoisotopic (exact) mass is 441 g/mol. The van der Waals surface area contributed by atoms with Crippen molar-refractivity contribution < 1.29 is 22.7 Å². The number of halogens is 1. The first-order chi connectivity index (χ1) is 13.8. The number of carbonyl (C=O) groups excluding carboxylic acids is 2. The highest BCUT2D eigenvalue weighted by molar-refractivity contribution is 7.89. The zero-order chi connectivity index (χ0) is 21.0. The Hall–Kier alpha value is -2.10. The van der Waals surface area contributed by atoms with E-state index in [0.717, 1.165) is 5.56 Å². The fraction of sp³-hybridized carbons (Fsp3) is 0.474. The zero-order valence-corrected chi connectivity index (χ0v) is 17.7. The molecule has 1 N–H and O–H groups in total. The number of aryl methyl sites for hydroxylation is 1. The first kappa shape index (κ1) is 21.6. The molecule has 2 aliphatic rings. The number of nitrogens with zero attached hydrogens (tertiary/aromatic N) is 2. The van der Waals surface area contributed by atoms with Gasteiger partial charge >= 0.3 is 0 Å². The fourth-order valence-corrected chi connectivity index (χ4v) is 4.48. The van der Waals surface area contributed by atoms with E-state index in [1.165, 1.54) is 11.0 Å². The number of morpholine rings is 1. The van der Waals surface area contributed by atoms with Gasteiger partial charge in [-0.05, 0) is 37.1 Å². The molecule has 0 aromatic heterocycles. The maximum atomic E-state index is 12.6. The van der Waals surface area contributed by atoms with Gasteiger partial charge in [-0.2, -0.15) is 0 Å². The van der Waals surface area contributed by atoms with Gasteiger partial charge in [0.25, 0.3) is 5.91 Å². The number of hydrogen-bond donors (Lipinski definition) is 1. The molecule has 1 fully saturated rings. The van der Waals surface area contributed by atoms with E-state index in [1.807, 2.05) is 0 Å². The number of hydrogen-bond acceptors (Lipinski definition) is 5. The van der Waals surface area contributed by atoms with Crippen molar-refractivity contribution in [3.63, 3.8) is 0 Å². The number of amides is 2. The molecule has 1 saturated heterocycles. The quantitative estimate of drug-likeness (QED) is 0.674. The van der Waals surface area contributed by atoms with E-state index in [2.05, 4.69) is 4.72 Å². The van der Waals surface area contributed by atoms with Gasteiger partial charge in [-0.3, -0.25) is 14.3 Å². The van der Waals surface area contributed by atoms with Crippen LogP contribution in [0.5, 0.6) is 0 Å². The van der Waals surface area contributed by atoms with Gasteiger partial charge in [-0.1, -0.05) is 23.7 Å². The Balaban J connectivity index is 1.55. The molecule has 0 aliphatic carbocycles. The summed E-state index contributed by atoms with van der Waals surface area (Å²) in [5.74, 6) is -0.822. The van der Waals surface area contributed by atoms with Crippen LogP contribution in [-0.2, 0) is 30.8 Å². The minimum absolute atomic E-state index is 0.0114. The molecule has 158 valence electrons. The molecule has 1 aromatic rings. The summed E-state index contributed by atoms with van der Waals surface area (Å²) < 4.78 is 32.4. The third-order valence-corrected chi connectivity index (χ3v) is 6.49. The standard InChI is InChI=1S/C19H24ClN3O5S/c1-14(18(24)22-9-11-28-12-10-22)23-8-6-17(19(23)25)21-29(26,27)13-7-15-2-4-16(20)5-3-15/h2-6,14,21H,7-13H2,1H3/t14-/m0/s1. The minimum atomic E-state index is -3.71. The number of rotatable bonds is 7. The van der Waals surface area contributed by atoms with Gasteiger partial charge in [0.1, 0.15) is 11.7 Å². The first-order valence-corrected chi connectivity index (χ1v) is 11.4. The van der Waals surface area contributed by atoms with Crippen LogP contribution < -0.4 is 4.72 Å². The van der Waals surface area contributed by atoms with Crippen LogP contribution in [0.1, 0.15) is 12.5 Å². The van der Waals surface area contributed by atoms with E-state index in [0.29, 0.717) is 37.7 Å². The molecule has 1 aromatic carbocycles. The van der Waals surface area contributed by atoms with Crippen molar-refractivity contribution in [1.82, 2.24) is 14.5 Å². The molecule has 1 atom stereocenters. The maximum absolute atomic E-state index is 12.6. The Bertz CT molecular complexity index is 895. The molecule has 0 bridgehead atoms. The summed E-state index contributed by atoms with van der Waals surface area (Å²) in [4.78, 5) is 28.3. The lowest BCUT2D eigenvalue weighted by molar-refractivity contribution is -0.145. The summed E-state index contributed by atoms with van der Waals surface area (Å²) in [5.41, 5.74) is 0.820.